The number of para-hydroxylation sites is 2. The lowest BCUT2D eigenvalue weighted by Crippen LogP contribution is -2.17. The highest BCUT2D eigenvalue weighted by Gasteiger charge is 2.38. The van der Waals surface area contributed by atoms with Crippen molar-refractivity contribution in [3.63, 3.8) is 0 Å². The quantitative estimate of drug-likeness (QED) is 0.126. The first-order valence-corrected chi connectivity index (χ1v) is 27.8. The van der Waals surface area contributed by atoms with Gasteiger partial charge in [-0.3, -0.25) is 0 Å². The fourth-order valence-corrected chi connectivity index (χ4v) is 12.1. The second-order valence-corrected chi connectivity index (χ2v) is 24.8. The lowest BCUT2D eigenvalue weighted by molar-refractivity contribution is 0.590. The molecule has 10 aromatic rings. The van der Waals surface area contributed by atoms with E-state index >= 15 is 0 Å². The Balaban J connectivity index is 0.752. The van der Waals surface area contributed by atoms with Crippen LogP contribution in [0.1, 0.15) is 125 Å². The Kier molecular flexibility index (Phi) is 12.4. The summed E-state index contributed by atoms with van der Waals surface area (Å²) in [5, 5.41) is 2.46. The van der Waals surface area contributed by atoms with Crippen molar-refractivity contribution in [2.45, 2.75) is 90.9 Å². The van der Waals surface area contributed by atoms with Gasteiger partial charge in [0.25, 0.3) is 0 Å². The third-order valence-electron chi connectivity index (χ3n) is 16.7. The van der Waals surface area contributed by atoms with E-state index in [1.165, 1.54) is 100 Å². The predicted molar refractivity (Wildman–Crippen MR) is 337 cm³/mol. The fourth-order valence-electron chi connectivity index (χ4n) is 12.1. The van der Waals surface area contributed by atoms with Crippen molar-refractivity contribution in [3.8, 4) is 22.3 Å². The van der Waals surface area contributed by atoms with Crippen molar-refractivity contribution in [1.82, 2.24) is 0 Å². The van der Waals surface area contributed by atoms with Gasteiger partial charge in [-0.1, -0.05) is 227 Å². The minimum atomic E-state index is -0.169. The molecule has 0 atom stereocenters. The highest BCUT2D eigenvalue weighted by Crippen LogP contribution is 2.53. The van der Waals surface area contributed by atoms with Crippen LogP contribution >= 0.6 is 0 Å². The Morgan fingerprint density at radius 2 is 0.564 bits per heavy atom. The van der Waals surface area contributed by atoms with E-state index < -0.39 is 0 Å². The van der Waals surface area contributed by atoms with Gasteiger partial charge in [0, 0.05) is 45.0 Å². The summed E-state index contributed by atoms with van der Waals surface area (Å²) in [7, 11) is 0. The molecule has 0 aliphatic heterocycles. The van der Waals surface area contributed by atoms with Crippen molar-refractivity contribution >= 4 is 69.2 Å². The van der Waals surface area contributed by atoms with Gasteiger partial charge in [0.15, 0.2) is 0 Å². The smallest absolute Gasteiger partial charge is 0.0465 e. The molecule has 2 heteroatoms. The Morgan fingerprint density at radius 1 is 0.282 bits per heavy atom. The standard InChI is InChI=1S/C76H70N2/c1-73(2,3)57-31-35-61(36-32-57)77(59-17-13-11-14-18-59)63-39-43-67-65-41-27-53(47-69(65)75(7,8)71(67)49-63)23-21-51-25-29-56-46-52(26-30-55(56)45-51)22-24-54-28-42-66-68-44-40-64(50-72(68)76(9,10)70(66)48-54)78(60-19-15-12-16-20-60)62-37-33-58(34-38-62)74(4,5)6/h11-50H,1-10H3/b23-21+,24-22+. The molecule has 0 amide bonds. The van der Waals surface area contributed by atoms with E-state index in [4.69, 9.17) is 0 Å². The molecule has 2 nitrogen and oxygen atoms in total. The summed E-state index contributed by atoms with van der Waals surface area (Å²) in [6.45, 7) is 23.1. The summed E-state index contributed by atoms with van der Waals surface area (Å²) >= 11 is 0. The summed E-state index contributed by atoms with van der Waals surface area (Å²) in [5.74, 6) is 0. The second-order valence-electron chi connectivity index (χ2n) is 24.8. The highest BCUT2D eigenvalue weighted by molar-refractivity contribution is 5.91. The number of anilines is 6. The largest absolute Gasteiger partial charge is 0.310 e. The summed E-state index contributed by atoms with van der Waals surface area (Å²) in [6.07, 6.45) is 9.04. The molecule has 0 saturated heterocycles. The molecule has 0 aromatic heterocycles. The number of hydrogen-bond donors (Lipinski definition) is 0. The van der Waals surface area contributed by atoms with Gasteiger partial charge in [-0.15, -0.1) is 0 Å². The molecule has 2 aliphatic rings. The summed E-state index contributed by atoms with van der Waals surface area (Å²) in [6, 6.07) is 81.3. The number of fused-ring (bicyclic) bond motifs is 7. The average molecular weight is 1010 g/mol. The van der Waals surface area contributed by atoms with Gasteiger partial charge >= 0.3 is 0 Å². The highest BCUT2D eigenvalue weighted by atomic mass is 15.1. The van der Waals surface area contributed by atoms with Crippen LogP contribution in [0.15, 0.2) is 218 Å². The van der Waals surface area contributed by atoms with Crippen LogP contribution in [0, 0.1) is 0 Å². The van der Waals surface area contributed by atoms with E-state index in [0.29, 0.717) is 0 Å². The Labute approximate surface area is 463 Å². The molecule has 384 valence electrons. The third-order valence-corrected chi connectivity index (χ3v) is 16.7. The average Bonchev–Trinajstić information content (AvgIpc) is 4.08. The van der Waals surface area contributed by atoms with E-state index in [1.807, 2.05) is 0 Å². The summed E-state index contributed by atoms with van der Waals surface area (Å²) in [5.41, 5.74) is 24.9. The molecule has 2 aliphatic carbocycles. The van der Waals surface area contributed by atoms with Gasteiger partial charge < -0.3 is 9.80 Å². The normalized spacial score (nSPS) is 14.1. The van der Waals surface area contributed by atoms with Crippen LogP contribution in [0.5, 0.6) is 0 Å². The Morgan fingerprint density at radius 3 is 0.910 bits per heavy atom. The number of benzene rings is 10. The van der Waals surface area contributed by atoms with Crippen molar-refractivity contribution < 1.29 is 0 Å². The molecule has 0 bridgehead atoms. The molecule has 0 heterocycles. The van der Waals surface area contributed by atoms with Crippen LogP contribution in [0.4, 0.5) is 34.1 Å². The number of nitrogens with zero attached hydrogens (tertiary/aromatic N) is 2. The summed E-state index contributed by atoms with van der Waals surface area (Å²) in [4.78, 5) is 4.78. The van der Waals surface area contributed by atoms with Crippen molar-refractivity contribution in [2.24, 2.45) is 0 Å². The first-order chi connectivity index (χ1) is 37.4. The maximum atomic E-state index is 2.42. The van der Waals surface area contributed by atoms with Gasteiger partial charge in [-0.2, -0.15) is 0 Å². The van der Waals surface area contributed by atoms with E-state index in [1.54, 1.807) is 0 Å². The van der Waals surface area contributed by atoms with E-state index in [0.717, 1.165) is 22.7 Å². The van der Waals surface area contributed by atoms with Gasteiger partial charge in [-0.25, -0.2) is 0 Å². The van der Waals surface area contributed by atoms with E-state index in [2.05, 4.69) is 322 Å². The van der Waals surface area contributed by atoms with Crippen LogP contribution < -0.4 is 9.80 Å². The van der Waals surface area contributed by atoms with Crippen molar-refractivity contribution in [1.29, 1.82) is 0 Å². The molecule has 78 heavy (non-hydrogen) atoms. The van der Waals surface area contributed by atoms with E-state index in [9.17, 15) is 0 Å². The molecular weight excluding hydrogens is 941 g/mol. The Bertz CT molecular complexity index is 3690. The maximum absolute atomic E-state index is 2.42. The van der Waals surface area contributed by atoms with Gasteiger partial charge in [0.2, 0.25) is 0 Å². The molecule has 0 spiro atoms. The van der Waals surface area contributed by atoms with Crippen LogP contribution in [-0.4, -0.2) is 0 Å². The summed E-state index contributed by atoms with van der Waals surface area (Å²) < 4.78 is 0. The van der Waals surface area contributed by atoms with Crippen LogP contribution in [0.25, 0.3) is 57.3 Å². The molecule has 0 fully saturated rings. The van der Waals surface area contributed by atoms with E-state index in [-0.39, 0.29) is 21.7 Å². The molecular formula is C76H70N2. The lowest BCUT2D eigenvalue weighted by Gasteiger charge is -2.29. The molecule has 0 N–H and O–H groups in total. The minimum absolute atomic E-state index is 0.0909. The predicted octanol–water partition coefficient (Wildman–Crippen LogP) is 21.3. The van der Waals surface area contributed by atoms with Crippen molar-refractivity contribution in [3.05, 3.63) is 274 Å². The molecule has 0 radical (unpaired) electrons. The zero-order valence-corrected chi connectivity index (χ0v) is 47.0. The fraction of sp³-hybridized carbons (Fsp3) is 0.184. The monoisotopic (exact) mass is 1010 g/mol. The molecule has 0 saturated carbocycles. The zero-order chi connectivity index (χ0) is 54.1. The van der Waals surface area contributed by atoms with Gasteiger partial charge in [0.1, 0.15) is 0 Å². The number of rotatable bonds is 10. The number of hydrogen-bond acceptors (Lipinski definition) is 2. The third kappa shape index (κ3) is 9.28. The molecule has 10 aromatic carbocycles. The molecule has 0 unspecified atom stereocenters. The first-order valence-electron chi connectivity index (χ1n) is 27.8. The maximum Gasteiger partial charge on any atom is 0.0465 e. The van der Waals surface area contributed by atoms with Crippen LogP contribution in [-0.2, 0) is 21.7 Å². The first kappa shape index (κ1) is 50.4. The Hall–Kier alpha value is -8.46. The lowest BCUT2D eigenvalue weighted by atomic mass is 9.81. The van der Waals surface area contributed by atoms with Crippen molar-refractivity contribution in [2.75, 3.05) is 9.80 Å². The SMILES string of the molecule is CC(C)(C)c1ccc(N(c2ccccc2)c2ccc3c(c2)C(C)(C)c2cc(/C=C/c4ccc5cc(/C=C/c6ccc7c(c6)C(C)(C)c6cc(N(c8ccccc8)c8ccc(C(C)(C)C)cc8)ccc6-7)ccc5c4)ccc2-3)cc1. The van der Waals surface area contributed by atoms with Crippen LogP contribution in [0.3, 0.4) is 0 Å². The minimum Gasteiger partial charge on any atom is -0.310 e. The second kappa shape index (κ2) is 19.2. The topological polar surface area (TPSA) is 6.48 Å². The van der Waals surface area contributed by atoms with Gasteiger partial charge in [-0.05, 0) is 184 Å². The molecule has 12 rings (SSSR count). The van der Waals surface area contributed by atoms with Gasteiger partial charge in [0.05, 0.1) is 0 Å². The zero-order valence-electron chi connectivity index (χ0n) is 47.0. The van der Waals surface area contributed by atoms with Crippen LogP contribution in [0.2, 0.25) is 0 Å².